The van der Waals surface area contributed by atoms with E-state index in [9.17, 15) is 43.2 Å². The summed E-state index contributed by atoms with van der Waals surface area (Å²) < 4.78 is 69.0. The van der Waals surface area contributed by atoms with Gasteiger partial charge in [-0.3, -0.25) is 37.3 Å². The lowest BCUT2D eigenvalue weighted by Crippen LogP contribution is -2.30. The van der Waals surface area contributed by atoms with E-state index in [-0.39, 0.29) is 25.7 Å². The van der Waals surface area contributed by atoms with E-state index in [1.165, 1.54) is 289 Å². The van der Waals surface area contributed by atoms with Crippen LogP contribution in [-0.2, 0) is 65.4 Å². The molecule has 0 fully saturated rings. The number of esters is 4. The van der Waals surface area contributed by atoms with Crippen molar-refractivity contribution in [2.75, 3.05) is 39.6 Å². The number of phosphoric acid groups is 2. The van der Waals surface area contributed by atoms with Gasteiger partial charge in [-0.25, -0.2) is 9.13 Å². The summed E-state index contributed by atoms with van der Waals surface area (Å²) in [6.45, 7) is 9.78. The van der Waals surface area contributed by atoms with Crippen molar-refractivity contribution in [1.82, 2.24) is 0 Å². The number of rotatable bonds is 87. The van der Waals surface area contributed by atoms with Crippen molar-refractivity contribution in [3.05, 3.63) is 0 Å². The summed E-state index contributed by atoms with van der Waals surface area (Å²) in [7, 11) is -9.93. The van der Waals surface area contributed by atoms with Crippen LogP contribution in [0.2, 0.25) is 0 Å². The number of carbonyl (C=O) groups is 4. The van der Waals surface area contributed by atoms with E-state index in [1.54, 1.807) is 0 Å². The Kier molecular flexibility index (Phi) is 77.9. The van der Waals surface area contributed by atoms with Crippen molar-refractivity contribution in [3.63, 3.8) is 0 Å². The lowest BCUT2D eigenvalue weighted by Gasteiger charge is -2.21. The molecular formula is C88H172O17P2. The van der Waals surface area contributed by atoms with Gasteiger partial charge in [-0.1, -0.05) is 420 Å². The van der Waals surface area contributed by atoms with Crippen LogP contribution in [0.1, 0.15) is 472 Å². The second-order valence-electron chi connectivity index (χ2n) is 32.4. The minimum Gasteiger partial charge on any atom is -0.462 e. The average molecular weight is 1560 g/mol. The van der Waals surface area contributed by atoms with Crippen LogP contribution in [0.15, 0.2) is 0 Å². The first-order valence-corrected chi connectivity index (χ1v) is 48.5. The van der Waals surface area contributed by atoms with Crippen LogP contribution in [0.25, 0.3) is 0 Å². The Morgan fingerprint density at radius 2 is 0.477 bits per heavy atom. The maximum Gasteiger partial charge on any atom is 0.472 e. The number of ether oxygens (including phenoxy) is 4. The molecule has 0 aromatic heterocycles. The molecule has 3 N–H and O–H groups in total. The molecule has 107 heavy (non-hydrogen) atoms. The normalized spacial score (nSPS) is 14.0. The topological polar surface area (TPSA) is 237 Å². The quantitative estimate of drug-likeness (QED) is 0.0222. The molecule has 0 amide bonds. The monoisotopic (exact) mass is 1560 g/mol. The Labute approximate surface area is 658 Å². The zero-order chi connectivity index (χ0) is 78.5. The molecule has 0 aliphatic rings. The Hall–Kier alpha value is -1.94. The zero-order valence-electron chi connectivity index (χ0n) is 70.5. The maximum atomic E-state index is 13.2. The highest BCUT2D eigenvalue weighted by molar-refractivity contribution is 7.47. The smallest absolute Gasteiger partial charge is 0.462 e. The molecule has 0 aliphatic carbocycles. The SMILES string of the molecule is CCCCCCCCCCCCCCCCCCCC(=O)O[C@H](COC(=O)CCCCCCCCCCCCCCC)COP(=O)(O)OC[C@H](O)COP(=O)(O)OC[C@@H](COC(=O)CCCCCCCCCCCCCCCCC(C)CC)OC(=O)CCCCCCCCCCCCCCCCCCC(C)C. The molecule has 0 radical (unpaired) electrons. The highest BCUT2D eigenvalue weighted by Gasteiger charge is 2.31. The number of phosphoric ester groups is 2. The molecule has 0 rings (SSSR count). The van der Waals surface area contributed by atoms with Gasteiger partial charge in [-0.15, -0.1) is 0 Å². The van der Waals surface area contributed by atoms with Crippen molar-refractivity contribution in [3.8, 4) is 0 Å². The Balaban J connectivity index is 5.27. The van der Waals surface area contributed by atoms with E-state index in [2.05, 4.69) is 41.5 Å². The molecule has 0 aromatic carbocycles. The number of aliphatic hydroxyl groups is 1. The van der Waals surface area contributed by atoms with Crippen molar-refractivity contribution in [1.29, 1.82) is 0 Å². The summed E-state index contributed by atoms with van der Waals surface area (Å²) in [6, 6.07) is 0. The standard InChI is InChI=1S/C88H172O17P2/c1-7-10-12-14-16-18-20-22-23-24-28-36-42-48-54-60-66-72-87(92)104-83(76-98-85(90)70-64-58-52-46-40-32-21-19-17-15-13-11-8-2)78-102-106(94,95)100-74-82(89)75-101-107(96,97)103-79-84(77-99-86(91)71-65-59-53-47-41-35-31-30-34-39-45-51-57-63-69-81(6)9-3)105-88(93)73-67-61-55-49-43-37-29-26-25-27-33-38-44-50-56-62-68-80(4)5/h80-84,89H,7-79H2,1-6H3,(H,94,95)(H,96,97)/t81?,82-,83+,84+/m0/s1. The van der Waals surface area contributed by atoms with Gasteiger partial charge in [-0.05, 0) is 37.5 Å². The predicted octanol–water partition coefficient (Wildman–Crippen LogP) is 27.0. The van der Waals surface area contributed by atoms with E-state index in [1.807, 2.05) is 0 Å². The second kappa shape index (κ2) is 79.3. The Bertz CT molecular complexity index is 2050. The van der Waals surface area contributed by atoms with Crippen LogP contribution in [-0.4, -0.2) is 96.7 Å². The van der Waals surface area contributed by atoms with Gasteiger partial charge in [0.25, 0.3) is 0 Å². The Morgan fingerprint density at radius 3 is 0.710 bits per heavy atom. The predicted molar refractivity (Wildman–Crippen MR) is 442 cm³/mol. The fraction of sp³-hybridized carbons (Fsp3) is 0.955. The third-order valence-corrected chi connectivity index (χ3v) is 23.0. The van der Waals surface area contributed by atoms with Gasteiger partial charge in [-0.2, -0.15) is 0 Å². The molecule has 0 bridgehead atoms. The molecule has 6 atom stereocenters. The molecule has 17 nitrogen and oxygen atoms in total. The summed E-state index contributed by atoms with van der Waals surface area (Å²) in [5, 5.41) is 10.7. The highest BCUT2D eigenvalue weighted by Crippen LogP contribution is 2.45. The molecule has 0 saturated heterocycles. The average Bonchev–Trinajstić information content (AvgIpc) is 0.898. The van der Waals surface area contributed by atoms with E-state index in [4.69, 9.17) is 37.0 Å². The molecule has 19 heteroatoms. The van der Waals surface area contributed by atoms with Crippen molar-refractivity contribution >= 4 is 39.5 Å². The number of carbonyl (C=O) groups excluding carboxylic acids is 4. The van der Waals surface area contributed by atoms with Gasteiger partial charge >= 0.3 is 39.5 Å². The maximum absolute atomic E-state index is 13.2. The van der Waals surface area contributed by atoms with Gasteiger partial charge in [0.15, 0.2) is 12.2 Å². The van der Waals surface area contributed by atoms with Crippen LogP contribution < -0.4 is 0 Å². The molecule has 636 valence electrons. The molecule has 0 spiro atoms. The van der Waals surface area contributed by atoms with E-state index < -0.39 is 97.5 Å². The van der Waals surface area contributed by atoms with E-state index >= 15 is 0 Å². The molecular weight excluding hydrogens is 1390 g/mol. The highest BCUT2D eigenvalue weighted by atomic mass is 31.2. The summed E-state index contributed by atoms with van der Waals surface area (Å²) in [5.74, 6) is -0.437. The molecule has 0 aromatic rings. The Morgan fingerprint density at radius 1 is 0.271 bits per heavy atom. The lowest BCUT2D eigenvalue weighted by atomic mass is 9.99. The fourth-order valence-electron chi connectivity index (χ4n) is 13.7. The summed E-state index contributed by atoms with van der Waals surface area (Å²) in [5.41, 5.74) is 0. The van der Waals surface area contributed by atoms with Crippen LogP contribution in [0, 0.1) is 11.8 Å². The third-order valence-electron chi connectivity index (χ3n) is 21.1. The van der Waals surface area contributed by atoms with Gasteiger partial charge in [0, 0.05) is 25.7 Å². The van der Waals surface area contributed by atoms with Crippen molar-refractivity contribution < 1.29 is 80.2 Å². The van der Waals surface area contributed by atoms with Crippen molar-refractivity contribution in [2.45, 2.75) is 490 Å². The first-order valence-electron chi connectivity index (χ1n) is 45.5. The summed E-state index contributed by atoms with van der Waals surface area (Å²) >= 11 is 0. The van der Waals surface area contributed by atoms with Crippen LogP contribution >= 0.6 is 15.6 Å². The van der Waals surface area contributed by atoms with Gasteiger partial charge in [0.2, 0.25) is 0 Å². The number of hydrogen-bond acceptors (Lipinski definition) is 15. The van der Waals surface area contributed by atoms with E-state index in [0.717, 1.165) is 102 Å². The number of hydrogen-bond donors (Lipinski definition) is 3. The van der Waals surface area contributed by atoms with Crippen molar-refractivity contribution in [2.24, 2.45) is 11.8 Å². The van der Waals surface area contributed by atoms with Gasteiger partial charge < -0.3 is 33.8 Å². The first-order chi connectivity index (χ1) is 51.9. The van der Waals surface area contributed by atoms with Crippen LogP contribution in [0.5, 0.6) is 0 Å². The molecule has 0 heterocycles. The van der Waals surface area contributed by atoms with E-state index in [0.29, 0.717) is 25.7 Å². The summed E-state index contributed by atoms with van der Waals surface area (Å²) in [6.07, 6.45) is 72.0. The van der Waals surface area contributed by atoms with Gasteiger partial charge in [0.05, 0.1) is 26.4 Å². The number of unbranched alkanes of at least 4 members (excludes halogenated alkanes) is 56. The van der Waals surface area contributed by atoms with Crippen LogP contribution in [0.4, 0.5) is 0 Å². The second-order valence-corrected chi connectivity index (χ2v) is 35.3. The lowest BCUT2D eigenvalue weighted by molar-refractivity contribution is -0.161. The third kappa shape index (κ3) is 80.5. The first kappa shape index (κ1) is 105. The molecule has 0 saturated carbocycles. The van der Waals surface area contributed by atoms with Gasteiger partial charge in [0.1, 0.15) is 19.3 Å². The minimum absolute atomic E-state index is 0.109. The zero-order valence-corrected chi connectivity index (χ0v) is 72.2. The largest absolute Gasteiger partial charge is 0.472 e. The minimum atomic E-state index is -4.97. The molecule has 0 aliphatic heterocycles. The summed E-state index contributed by atoms with van der Waals surface area (Å²) in [4.78, 5) is 73.4. The van der Waals surface area contributed by atoms with Crippen LogP contribution in [0.3, 0.4) is 0 Å². The fourth-order valence-corrected chi connectivity index (χ4v) is 15.3. The number of aliphatic hydroxyl groups excluding tert-OH is 1. The molecule has 3 unspecified atom stereocenters.